The third-order valence-corrected chi connectivity index (χ3v) is 7.96. The molecule has 1 amide bonds. The van der Waals surface area contributed by atoms with Crippen molar-refractivity contribution in [1.29, 1.82) is 10.5 Å². The summed E-state index contributed by atoms with van der Waals surface area (Å²) < 4.78 is 33.0. The zero-order chi connectivity index (χ0) is 27.1. The monoisotopic (exact) mass is 518 g/mol. The minimum Gasteiger partial charge on any atom is -0.438 e. The van der Waals surface area contributed by atoms with Crippen LogP contribution in [0.5, 0.6) is 11.6 Å². The van der Waals surface area contributed by atoms with Crippen LogP contribution in [-0.2, 0) is 0 Å². The number of allylic oxidation sites excluding steroid dienone is 1. The van der Waals surface area contributed by atoms with E-state index in [1.54, 1.807) is 13.0 Å². The number of nitrogens with one attached hydrogen (secondary N) is 1. The third-order valence-electron chi connectivity index (χ3n) is 7.96. The van der Waals surface area contributed by atoms with Gasteiger partial charge in [-0.2, -0.15) is 15.5 Å². The number of aryl methyl sites for hydroxylation is 2. The van der Waals surface area contributed by atoms with E-state index in [0.717, 1.165) is 34.4 Å². The largest absolute Gasteiger partial charge is 0.438 e. The molecule has 2 aromatic rings. The number of nitriles is 2. The van der Waals surface area contributed by atoms with Crippen molar-refractivity contribution in [1.82, 2.24) is 14.9 Å². The van der Waals surface area contributed by atoms with E-state index >= 15 is 0 Å². The van der Waals surface area contributed by atoms with Gasteiger partial charge in [0.25, 0.3) is 12.3 Å². The second-order valence-corrected chi connectivity index (χ2v) is 10.4. The highest BCUT2D eigenvalue weighted by atomic mass is 19.3. The summed E-state index contributed by atoms with van der Waals surface area (Å²) >= 11 is 0. The average Bonchev–Trinajstić information content (AvgIpc) is 3.08. The van der Waals surface area contributed by atoms with Crippen molar-refractivity contribution >= 4 is 17.9 Å². The van der Waals surface area contributed by atoms with Gasteiger partial charge in [0.2, 0.25) is 11.8 Å². The highest BCUT2D eigenvalue weighted by molar-refractivity contribution is 5.98. The molecular formula is C28H28F2N6O2. The zero-order valence-corrected chi connectivity index (χ0v) is 21.4. The summed E-state index contributed by atoms with van der Waals surface area (Å²) in [6.45, 7) is 4.67. The highest BCUT2D eigenvalue weighted by Crippen LogP contribution is 2.50. The molecule has 6 rings (SSSR count). The molecule has 1 N–H and O–H groups in total. The number of halogens is 2. The first-order valence-corrected chi connectivity index (χ1v) is 12.7. The van der Waals surface area contributed by atoms with Crippen molar-refractivity contribution in [2.24, 2.45) is 17.8 Å². The van der Waals surface area contributed by atoms with E-state index in [1.807, 2.05) is 32.0 Å². The van der Waals surface area contributed by atoms with Gasteiger partial charge in [0, 0.05) is 12.1 Å². The summed E-state index contributed by atoms with van der Waals surface area (Å²) in [5, 5.41) is 21.7. The maximum absolute atomic E-state index is 13.3. The fraction of sp³-hybridized carbons (Fsp3) is 0.464. The number of hydrogen-bond acceptors (Lipinski definition) is 7. The Morgan fingerprint density at radius 1 is 1.18 bits per heavy atom. The summed E-state index contributed by atoms with van der Waals surface area (Å²) in [7, 11) is 0. The van der Waals surface area contributed by atoms with Crippen LogP contribution in [0.15, 0.2) is 18.2 Å². The van der Waals surface area contributed by atoms with Gasteiger partial charge in [0.05, 0.1) is 36.2 Å². The van der Waals surface area contributed by atoms with Crippen LogP contribution < -0.4 is 10.1 Å². The van der Waals surface area contributed by atoms with E-state index in [-0.39, 0.29) is 29.5 Å². The van der Waals surface area contributed by atoms with E-state index < -0.39 is 24.9 Å². The van der Waals surface area contributed by atoms with Gasteiger partial charge in [-0.25, -0.2) is 13.8 Å². The molecule has 3 atom stereocenters. The Hall–Kier alpha value is -4.05. The minimum absolute atomic E-state index is 0.0173. The van der Waals surface area contributed by atoms with Crippen molar-refractivity contribution in [2.75, 3.05) is 11.9 Å². The Kier molecular flexibility index (Phi) is 6.75. The molecule has 3 saturated carbocycles. The molecule has 1 aromatic heterocycles. The fourth-order valence-corrected chi connectivity index (χ4v) is 5.98. The second-order valence-electron chi connectivity index (χ2n) is 10.4. The van der Waals surface area contributed by atoms with Crippen molar-refractivity contribution in [2.45, 2.75) is 58.5 Å². The molecule has 38 heavy (non-hydrogen) atoms. The van der Waals surface area contributed by atoms with Gasteiger partial charge >= 0.3 is 0 Å². The van der Waals surface area contributed by atoms with Crippen LogP contribution in [0.25, 0.3) is 6.08 Å². The van der Waals surface area contributed by atoms with Crippen molar-refractivity contribution in [3.63, 3.8) is 0 Å². The molecule has 3 aliphatic carbocycles. The number of alkyl halides is 2. The number of aromatic nitrogens is 2. The molecule has 0 radical (unpaired) electrons. The predicted molar refractivity (Wildman–Crippen MR) is 135 cm³/mol. The molecule has 4 aliphatic rings. The molecule has 2 heterocycles. The fourth-order valence-electron chi connectivity index (χ4n) is 5.98. The van der Waals surface area contributed by atoms with Gasteiger partial charge in [-0.1, -0.05) is 0 Å². The van der Waals surface area contributed by atoms with Crippen LogP contribution >= 0.6 is 0 Å². The maximum atomic E-state index is 13.3. The smallest absolute Gasteiger partial charge is 0.273 e. The van der Waals surface area contributed by atoms with Gasteiger partial charge in [-0.3, -0.25) is 4.79 Å². The van der Waals surface area contributed by atoms with Crippen molar-refractivity contribution in [3.8, 4) is 23.8 Å². The summed E-state index contributed by atoms with van der Waals surface area (Å²) in [6, 6.07) is 7.39. The van der Waals surface area contributed by atoms with E-state index in [0.29, 0.717) is 29.6 Å². The zero-order valence-electron chi connectivity index (χ0n) is 21.4. The van der Waals surface area contributed by atoms with Crippen LogP contribution in [0.3, 0.4) is 0 Å². The number of amides is 1. The molecule has 8 nitrogen and oxygen atoms in total. The predicted octanol–water partition coefficient (Wildman–Crippen LogP) is 5.55. The lowest BCUT2D eigenvalue weighted by atomic mass is 9.58. The number of carbonyl (C=O) groups excluding carboxylic acids is 1. The normalized spacial score (nSPS) is 25.6. The Balaban J connectivity index is 1.53. The summed E-state index contributed by atoms with van der Waals surface area (Å²) in [5.74, 6) is 1.07. The standard InChI is InChI=1S/C28H28F2N6O2/c1-14-7-17(5-4-6-31)8-15(2)25(14)38-26-23-16(3)36(13-22(29)30)27(37)24(23)34-28(35-26)33-21-11-20(12-32)18-9-19(21)10-18/h4-5,7-8,16,18-22H,9-11,13H2,1-3H3,(H,33,34,35)/b5-4+/t16-,18?,19?,20?,21-/m1/s1. The Labute approximate surface area is 219 Å². The van der Waals surface area contributed by atoms with Gasteiger partial charge in [-0.05, 0) is 86.8 Å². The molecule has 1 aliphatic heterocycles. The quantitative estimate of drug-likeness (QED) is 0.478. The number of fused-ring (bicyclic) bond motifs is 3. The number of anilines is 1. The molecule has 2 bridgehead atoms. The average molecular weight is 519 g/mol. The Bertz CT molecular complexity index is 1370. The lowest BCUT2D eigenvalue weighted by Gasteiger charge is -2.49. The molecular weight excluding hydrogens is 490 g/mol. The lowest BCUT2D eigenvalue weighted by molar-refractivity contribution is 0.0503. The van der Waals surface area contributed by atoms with E-state index in [1.165, 1.54) is 6.08 Å². The molecule has 1 aromatic carbocycles. The summed E-state index contributed by atoms with van der Waals surface area (Å²) in [6.07, 6.45) is 2.99. The molecule has 3 fully saturated rings. The number of hydrogen-bond donors (Lipinski definition) is 1. The van der Waals surface area contributed by atoms with Gasteiger partial charge in [0.15, 0.2) is 0 Å². The lowest BCUT2D eigenvalue weighted by Crippen LogP contribution is -2.48. The van der Waals surface area contributed by atoms with Gasteiger partial charge in [0.1, 0.15) is 11.4 Å². The number of nitrogens with zero attached hydrogens (tertiary/aromatic N) is 5. The number of ether oxygens (including phenoxy) is 1. The minimum atomic E-state index is -2.69. The maximum Gasteiger partial charge on any atom is 0.273 e. The first kappa shape index (κ1) is 25.6. The van der Waals surface area contributed by atoms with Crippen LogP contribution in [-0.4, -0.2) is 39.8 Å². The number of carbonyl (C=O) groups is 1. The van der Waals surface area contributed by atoms with Crippen LogP contribution in [0.2, 0.25) is 0 Å². The highest BCUT2D eigenvalue weighted by Gasteiger charge is 2.47. The van der Waals surface area contributed by atoms with E-state index in [2.05, 4.69) is 21.4 Å². The molecule has 1 unspecified atom stereocenters. The number of rotatable bonds is 7. The topological polar surface area (TPSA) is 115 Å². The first-order chi connectivity index (χ1) is 18.2. The third kappa shape index (κ3) is 4.56. The Morgan fingerprint density at radius 3 is 2.53 bits per heavy atom. The Morgan fingerprint density at radius 2 is 1.89 bits per heavy atom. The number of benzene rings is 1. The van der Waals surface area contributed by atoms with E-state index in [4.69, 9.17) is 10.00 Å². The van der Waals surface area contributed by atoms with E-state index in [9.17, 15) is 18.8 Å². The molecule has 10 heteroatoms. The van der Waals surface area contributed by atoms with Crippen LogP contribution in [0.4, 0.5) is 14.7 Å². The molecule has 196 valence electrons. The summed E-state index contributed by atoms with van der Waals surface area (Å²) in [4.78, 5) is 23.4. The van der Waals surface area contributed by atoms with Gasteiger partial charge in [-0.15, -0.1) is 0 Å². The van der Waals surface area contributed by atoms with Crippen molar-refractivity contribution < 1.29 is 18.3 Å². The second kappa shape index (κ2) is 10.0. The van der Waals surface area contributed by atoms with Crippen LogP contribution in [0.1, 0.15) is 65.0 Å². The van der Waals surface area contributed by atoms with Crippen LogP contribution in [0, 0.1) is 54.3 Å². The summed E-state index contributed by atoms with van der Waals surface area (Å²) in [5.41, 5.74) is 2.83. The SMILES string of the molecule is Cc1cc(/C=C/C#N)cc(C)c1Oc1nc(N[C@@H]2CC(C#N)C3CC2C3)nc2c1[C@@H](C)N(CC(F)F)C2=O. The molecule has 0 spiro atoms. The first-order valence-electron chi connectivity index (χ1n) is 12.7. The molecule has 0 saturated heterocycles. The van der Waals surface area contributed by atoms with Crippen molar-refractivity contribution in [3.05, 3.63) is 46.2 Å². The van der Waals surface area contributed by atoms with Gasteiger partial charge < -0.3 is 15.0 Å².